The van der Waals surface area contributed by atoms with E-state index in [4.69, 9.17) is 4.42 Å². The van der Waals surface area contributed by atoms with E-state index in [1.54, 1.807) is 12.1 Å². The van der Waals surface area contributed by atoms with Gasteiger partial charge in [0.2, 0.25) is 10.0 Å². The summed E-state index contributed by atoms with van der Waals surface area (Å²) in [6, 6.07) is 5.23. The van der Waals surface area contributed by atoms with Crippen molar-refractivity contribution in [2.75, 3.05) is 12.3 Å². The zero-order valence-electron chi connectivity index (χ0n) is 11.8. The maximum atomic E-state index is 11.9. The van der Waals surface area contributed by atoms with Gasteiger partial charge in [-0.05, 0) is 23.9 Å². The molecule has 5 nitrogen and oxygen atoms in total. The Labute approximate surface area is 128 Å². The Morgan fingerprint density at radius 1 is 1.43 bits per heavy atom. The number of aliphatic hydroxyl groups is 1. The summed E-state index contributed by atoms with van der Waals surface area (Å²) in [6.45, 7) is 1.82. The van der Waals surface area contributed by atoms with Gasteiger partial charge in [0.1, 0.15) is 5.60 Å². The highest BCUT2D eigenvalue weighted by Crippen LogP contribution is 2.32. The predicted octanol–water partition coefficient (Wildman–Crippen LogP) is 2.30. The zero-order valence-corrected chi connectivity index (χ0v) is 13.4. The van der Waals surface area contributed by atoms with Crippen LogP contribution in [0, 0.1) is 0 Å². The van der Waals surface area contributed by atoms with E-state index in [2.05, 4.69) is 4.72 Å². The minimum absolute atomic E-state index is 0.0649. The van der Waals surface area contributed by atoms with Crippen molar-refractivity contribution in [2.24, 2.45) is 0 Å². The van der Waals surface area contributed by atoms with Crippen molar-refractivity contribution in [3.63, 3.8) is 0 Å². The molecule has 0 bridgehead atoms. The second-order valence-electron chi connectivity index (χ2n) is 4.84. The number of unbranched alkanes of at least 4 members (excludes halogenated alkanes) is 1. The summed E-state index contributed by atoms with van der Waals surface area (Å²) in [5, 5.41) is 12.8. The average molecular weight is 329 g/mol. The fourth-order valence-electron chi connectivity index (χ4n) is 1.97. The quantitative estimate of drug-likeness (QED) is 0.779. The van der Waals surface area contributed by atoms with E-state index in [0.29, 0.717) is 16.9 Å². The molecule has 0 amide bonds. The van der Waals surface area contributed by atoms with Crippen LogP contribution in [0.3, 0.4) is 0 Å². The second-order valence-corrected chi connectivity index (χ2v) is 7.72. The van der Waals surface area contributed by atoms with Crippen LogP contribution in [0.2, 0.25) is 0 Å². The minimum Gasteiger partial charge on any atom is -0.472 e. The number of furan rings is 1. The molecule has 2 heterocycles. The molecule has 0 radical (unpaired) electrons. The molecule has 7 heteroatoms. The lowest BCUT2D eigenvalue weighted by molar-refractivity contribution is 0.0892. The fourth-order valence-corrected chi connectivity index (χ4v) is 4.05. The first kappa shape index (κ1) is 16.2. The summed E-state index contributed by atoms with van der Waals surface area (Å²) in [5.74, 6) is 0.0649. The molecule has 0 aliphatic rings. The summed E-state index contributed by atoms with van der Waals surface area (Å²) in [6.07, 6.45) is 4.29. The van der Waals surface area contributed by atoms with Gasteiger partial charge < -0.3 is 9.52 Å². The average Bonchev–Trinajstić information content (AvgIpc) is 3.14. The Balaban J connectivity index is 2.19. The van der Waals surface area contributed by atoms with Crippen molar-refractivity contribution in [3.05, 3.63) is 46.5 Å². The summed E-state index contributed by atoms with van der Waals surface area (Å²) in [5.41, 5.74) is -0.886. The molecule has 2 aromatic heterocycles. The molecule has 0 saturated carbocycles. The molecule has 0 saturated heterocycles. The molecule has 21 heavy (non-hydrogen) atoms. The lowest BCUT2D eigenvalue weighted by Gasteiger charge is -2.26. The largest absolute Gasteiger partial charge is 0.472 e. The highest BCUT2D eigenvalue weighted by molar-refractivity contribution is 7.89. The third-order valence-corrected chi connectivity index (χ3v) is 5.67. The molecule has 0 spiro atoms. The molecule has 0 fully saturated rings. The van der Waals surface area contributed by atoms with Crippen LogP contribution in [0.5, 0.6) is 0 Å². The molecular weight excluding hydrogens is 310 g/mol. The molecule has 116 valence electrons. The van der Waals surface area contributed by atoms with E-state index in [-0.39, 0.29) is 12.3 Å². The second kappa shape index (κ2) is 6.74. The molecule has 1 atom stereocenters. The topological polar surface area (TPSA) is 79.5 Å². The van der Waals surface area contributed by atoms with Crippen molar-refractivity contribution in [3.8, 4) is 0 Å². The molecular formula is C14H19NO4S2. The maximum absolute atomic E-state index is 11.9. The van der Waals surface area contributed by atoms with Crippen LogP contribution in [0.15, 0.2) is 40.5 Å². The standard InChI is InChI=1S/C14H19NO4S2/c1-2-3-9-21(17,18)15-11-14(16,12-6-7-19-10-12)13-5-4-8-20-13/h4-8,10,15-16H,2-3,9,11H2,1H3. The van der Waals surface area contributed by atoms with Gasteiger partial charge in [0.05, 0.1) is 18.3 Å². The number of nitrogens with one attached hydrogen (secondary N) is 1. The van der Waals surface area contributed by atoms with Gasteiger partial charge in [-0.3, -0.25) is 0 Å². The van der Waals surface area contributed by atoms with Gasteiger partial charge in [-0.25, -0.2) is 13.1 Å². The smallest absolute Gasteiger partial charge is 0.211 e. The number of rotatable bonds is 8. The van der Waals surface area contributed by atoms with Gasteiger partial charge in [0.25, 0.3) is 0 Å². The fraction of sp³-hybridized carbons (Fsp3) is 0.429. The van der Waals surface area contributed by atoms with E-state index in [9.17, 15) is 13.5 Å². The maximum Gasteiger partial charge on any atom is 0.211 e. The summed E-state index contributed by atoms with van der Waals surface area (Å²) in [7, 11) is -3.40. The monoisotopic (exact) mass is 329 g/mol. The van der Waals surface area contributed by atoms with Gasteiger partial charge in [-0.15, -0.1) is 11.3 Å². The van der Waals surface area contributed by atoms with Gasteiger partial charge in [-0.2, -0.15) is 0 Å². The highest BCUT2D eigenvalue weighted by Gasteiger charge is 2.35. The normalized spacial score (nSPS) is 15.0. The van der Waals surface area contributed by atoms with E-state index >= 15 is 0 Å². The van der Waals surface area contributed by atoms with Crippen LogP contribution in [0.4, 0.5) is 0 Å². The molecule has 0 aliphatic heterocycles. The van der Waals surface area contributed by atoms with Crippen LogP contribution in [-0.4, -0.2) is 25.8 Å². The Hall–Kier alpha value is -1.15. The molecule has 0 aromatic carbocycles. The Bertz CT molecular complexity index is 598. The van der Waals surface area contributed by atoms with Crippen molar-refractivity contribution in [1.82, 2.24) is 4.72 Å². The van der Waals surface area contributed by atoms with Crippen molar-refractivity contribution in [2.45, 2.75) is 25.4 Å². The molecule has 2 rings (SSSR count). The van der Waals surface area contributed by atoms with Crippen LogP contribution in [0.1, 0.15) is 30.2 Å². The molecule has 0 aliphatic carbocycles. The summed E-state index contributed by atoms with van der Waals surface area (Å²) < 4.78 is 31.4. The molecule has 1 unspecified atom stereocenters. The number of thiophene rings is 1. The predicted molar refractivity (Wildman–Crippen MR) is 82.7 cm³/mol. The van der Waals surface area contributed by atoms with E-state index < -0.39 is 15.6 Å². The Morgan fingerprint density at radius 3 is 2.81 bits per heavy atom. The number of hydrogen-bond acceptors (Lipinski definition) is 5. The third-order valence-electron chi connectivity index (χ3n) is 3.24. The van der Waals surface area contributed by atoms with Crippen molar-refractivity contribution in [1.29, 1.82) is 0 Å². The lowest BCUT2D eigenvalue weighted by atomic mass is 9.95. The van der Waals surface area contributed by atoms with Crippen molar-refractivity contribution >= 4 is 21.4 Å². The SMILES string of the molecule is CCCCS(=O)(=O)NCC(O)(c1ccoc1)c1cccs1. The van der Waals surface area contributed by atoms with E-state index in [1.165, 1.54) is 23.9 Å². The first-order chi connectivity index (χ1) is 9.98. The van der Waals surface area contributed by atoms with Crippen LogP contribution in [0.25, 0.3) is 0 Å². The zero-order chi connectivity index (χ0) is 15.3. The van der Waals surface area contributed by atoms with Crippen molar-refractivity contribution < 1.29 is 17.9 Å². The van der Waals surface area contributed by atoms with Crippen LogP contribution in [-0.2, 0) is 15.6 Å². The van der Waals surface area contributed by atoms with Gasteiger partial charge in [0, 0.05) is 17.0 Å². The van der Waals surface area contributed by atoms with Gasteiger partial charge >= 0.3 is 0 Å². The van der Waals surface area contributed by atoms with Crippen LogP contribution >= 0.6 is 11.3 Å². The minimum atomic E-state index is -3.40. The lowest BCUT2D eigenvalue weighted by Crippen LogP contribution is -2.41. The third kappa shape index (κ3) is 3.94. The molecule has 2 aromatic rings. The number of sulfonamides is 1. The van der Waals surface area contributed by atoms with E-state index in [0.717, 1.165) is 6.42 Å². The van der Waals surface area contributed by atoms with Gasteiger partial charge in [0.15, 0.2) is 0 Å². The van der Waals surface area contributed by atoms with E-state index in [1.807, 2.05) is 18.4 Å². The Morgan fingerprint density at radius 2 is 2.24 bits per heavy atom. The first-order valence-corrected chi connectivity index (χ1v) is 9.27. The highest BCUT2D eigenvalue weighted by atomic mass is 32.2. The Kier molecular flexibility index (Phi) is 5.21. The number of hydrogen-bond donors (Lipinski definition) is 2. The van der Waals surface area contributed by atoms with Crippen LogP contribution < -0.4 is 4.72 Å². The van der Waals surface area contributed by atoms with Gasteiger partial charge in [-0.1, -0.05) is 19.4 Å². The summed E-state index contributed by atoms with van der Waals surface area (Å²) >= 11 is 1.37. The summed E-state index contributed by atoms with van der Waals surface area (Å²) in [4.78, 5) is 0.669. The molecule has 2 N–H and O–H groups in total. The first-order valence-electron chi connectivity index (χ1n) is 6.74.